The average molecular weight is 258 g/mol. The number of piperidine rings is 1. The van der Waals surface area contributed by atoms with Gasteiger partial charge in [-0.15, -0.1) is 0 Å². The topological polar surface area (TPSA) is 52.6 Å². The summed E-state index contributed by atoms with van der Waals surface area (Å²) >= 11 is 0. The molecule has 0 aromatic rings. The number of hydrogen-bond acceptors (Lipinski definition) is 3. The molecule has 2 aliphatic rings. The molecule has 4 nitrogen and oxygen atoms in total. The normalized spacial score (nSPS) is 35.6. The highest BCUT2D eigenvalue weighted by atomic mass is 19.1. The molecular weight excluding hydrogens is 235 g/mol. The number of nitrogens with zero attached hydrogens (tertiary/aromatic N) is 1. The van der Waals surface area contributed by atoms with Crippen LogP contribution in [0, 0.1) is 5.92 Å². The van der Waals surface area contributed by atoms with Crippen molar-refractivity contribution in [2.75, 3.05) is 19.6 Å². The molecule has 0 spiro atoms. The lowest BCUT2D eigenvalue weighted by molar-refractivity contribution is -0.143. The van der Waals surface area contributed by atoms with Crippen molar-refractivity contribution in [3.8, 4) is 0 Å². The van der Waals surface area contributed by atoms with Gasteiger partial charge in [0.15, 0.2) is 6.17 Å². The van der Waals surface area contributed by atoms with Gasteiger partial charge in [0.25, 0.3) is 0 Å². The largest absolute Gasteiger partial charge is 0.479 e. The summed E-state index contributed by atoms with van der Waals surface area (Å²) in [5, 5.41) is 12.1. The number of aliphatic carboxylic acids is 1. The van der Waals surface area contributed by atoms with Crippen molar-refractivity contribution in [2.24, 2.45) is 5.92 Å². The van der Waals surface area contributed by atoms with Gasteiger partial charge in [-0.2, -0.15) is 0 Å². The summed E-state index contributed by atoms with van der Waals surface area (Å²) in [6, 6.07) is 0.599. The van der Waals surface area contributed by atoms with Gasteiger partial charge in [-0.1, -0.05) is 6.92 Å². The van der Waals surface area contributed by atoms with Gasteiger partial charge in [0.1, 0.15) is 0 Å². The minimum absolute atomic E-state index is 0.113. The summed E-state index contributed by atoms with van der Waals surface area (Å²) in [6.45, 7) is 5.23. The van der Waals surface area contributed by atoms with Gasteiger partial charge in [0, 0.05) is 18.5 Å². The van der Waals surface area contributed by atoms with Gasteiger partial charge >= 0.3 is 5.97 Å². The zero-order valence-corrected chi connectivity index (χ0v) is 10.9. The number of carbonyl (C=O) groups is 1. The summed E-state index contributed by atoms with van der Waals surface area (Å²) in [5.41, 5.74) is 0. The van der Waals surface area contributed by atoms with Crippen LogP contribution in [0.15, 0.2) is 0 Å². The van der Waals surface area contributed by atoms with Crippen molar-refractivity contribution < 1.29 is 14.3 Å². The quantitative estimate of drug-likeness (QED) is 0.797. The van der Waals surface area contributed by atoms with Crippen LogP contribution in [0.3, 0.4) is 0 Å². The van der Waals surface area contributed by atoms with E-state index in [1.807, 2.05) is 0 Å². The lowest BCUT2D eigenvalue weighted by atomic mass is 9.92. The molecule has 18 heavy (non-hydrogen) atoms. The highest BCUT2D eigenvalue weighted by Gasteiger charge is 2.36. The highest BCUT2D eigenvalue weighted by Crippen LogP contribution is 2.29. The fourth-order valence-electron chi connectivity index (χ4n) is 3.38. The predicted octanol–water partition coefficient (Wildman–Crippen LogP) is 1.26. The monoisotopic (exact) mass is 258 g/mol. The van der Waals surface area contributed by atoms with Crippen LogP contribution in [0.5, 0.6) is 0 Å². The predicted molar refractivity (Wildman–Crippen MR) is 67.3 cm³/mol. The number of nitrogens with one attached hydrogen (secondary N) is 1. The van der Waals surface area contributed by atoms with Gasteiger partial charge in [-0.3, -0.25) is 4.90 Å². The van der Waals surface area contributed by atoms with Crippen LogP contribution in [-0.2, 0) is 4.79 Å². The summed E-state index contributed by atoms with van der Waals surface area (Å²) in [4.78, 5) is 13.0. The first-order valence-electron chi connectivity index (χ1n) is 6.93. The number of likely N-dealkylation sites (tertiary alicyclic amines) is 1. The number of carboxylic acid groups (broad SMARTS) is 1. The number of halogens is 1. The van der Waals surface area contributed by atoms with E-state index in [-0.39, 0.29) is 12.5 Å². The first-order chi connectivity index (χ1) is 8.59. The number of hydrogen-bond donors (Lipinski definition) is 2. The van der Waals surface area contributed by atoms with Crippen molar-refractivity contribution in [1.82, 2.24) is 10.2 Å². The van der Waals surface area contributed by atoms with E-state index in [1.165, 1.54) is 0 Å². The van der Waals surface area contributed by atoms with Crippen LogP contribution in [0.1, 0.15) is 32.6 Å². The van der Waals surface area contributed by atoms with Gasteiger partial charge < -0.3 is 10.4 Å². The number of carboxylic acids is 1. The first kappa shape index (κ1) is 13.7. The van der Waals surface area contributed by atoms with Crippen LogP contribution in [0.25, 0.3) is 0 Å². The van der Waals surface area contributed by atoms with Crippen molar-refractivity contribution >= 4 is 5.97 Å². The van der Waals surface area contributed by atoms with E-state index in [9.17, 15) is 9.18 Å². The maximum atomic E-state index is 13.4. The molecule has 2 rings (SSSR count). The molecule has 4 unspecified atom stereocenters. The Bertz CT molecular complexity index is 301. The van der Waals surface area contributed by atoms with Gasteiger partial charge in [0.2, 0.25) is 0 Å². The molecule has 0 aromatic heterocycles. The maximum Gasteiger partial charge on any atom is 0.338 e. The molecule has 0 aliphatic carbocycles. The third-order valence-corrected chi connectivity index (χ3v) is 4.34. The Balaban J connectivity index is 1.96. The van der Waals surface area contributed by atoms with Crippen LogP contribution < -0.4 is 5.32 Å². The second kappa shape index (κ2) is 5.97. The molecule has 2 N–H and O–H groups in total. The minimum atomic E-state index is -1.72. The Morgan fingerprint density at radius 2 is 2.33 bits per heavy atom. The van der Waals surface area contributed by atoms with E-state index in [0.29, 0.717) is 12.0 Å². The van der Waals surface area contributed by atoms with E-state index in [0.717, 1.165) is 38.9 Å². The molecule has 0 aromatic carbocycles. The molecule has 4 atom stereocenters. The first-order valence-corrected chi connectivity index (χ1v) is 6.93. The summed E-state index contributed by atoms with van der Waals surface area (Å²) < 4.78 is 13.4. The Kier molecular flexibility index (Phi) is 4.56. The summed E-state index contributed by atoms with van der Waals surface area (Å²) in [6.07, 6.45) is 1.51. The van der Waals surface area contributed by atoms with E-state index in [2.05, 4.69) is 17.1 Å². The number of rotatable bonds is 4. The molecule has 0 radical (unpaired) electrons. The summed E-state index contributed by atoms with van der Waals surface area (Å²) in [5.74, 6) is -0.762. The average Bonchev–Trinajstić information content (AvgIpc) is 2.77. The lowest BCUT2D eigenvalue weighted by Crippen LogP contribution is -2.50. The Morgan fingerprint density at radius 3 is 3.00 bits per heavy atom. The van der Waals surface area contributed by atoms with Crippen molar-refractivity contribution in [3.63, 3.8) is 0 Å². The molecule has 2 fully saturated rings. The van der Waals surface area contributed by atoms with Crippen LogP contribution in [0.4, 0.5) is 4.39 Å². The maximum absolute atomic E-state index is 13.4. The van der Waals surface area contributed by atoms with Crippen LogP contribution in [-0.4, -0.2) is 53.9 Å². The lowest BCUT2D eigenvalue weighted by Gasteiger charge is -2.40. The molecule has 0 bridgehead atoms. The Labute approximate surface area is 108 Å². The molecule has 0 saturated carbocycles. The minimum Gasteiger partial charge on any atom is -0.479 e. The molecule has 2 saturated heterocycles. The van der Waals surface area contributed by atoms with E-state index < -0.39 is 12.1 Å². The van der Waals surface area contributed by atoms with Gasteiger partial charge in [-0.25, -0.2) is 9.18 Å². The third kappa shape index (κ3) is 3.01. The molecule has 2 aliphatic heterocycles. The van der Waals surface area contributed by atoms with Crippen molar-refractivity contribution in [3.05, 3.63) is 0 Å². The second-order valence-electron chi connectivity index (χ2n) is 5.61. The zero-order valence-electron chi connectivity index (χ0n) is 10.9. The molecule has 2 heterocycles. The van der Waals surface area contributed by atoms with Crippen molar-refractivity contribution in [1.29, 1.82) is 0 Å². The highest BCUT2D eigenvalue weighted by molar-refractivity contribution is 5.72. The SMILES string of the molecule is CC1CNCCC1N1CCCC1CC(F)C(=O)O. The number of alkyl halides is 1. The third-order valence-electron chi connectivity index (χ3n) is 4.34. The van der Waals surface area contributed by atoms with E-state index >= 15 is 0 Å². The Hall–Kier alpha value is -0.680. The molecular formula is C13H23FN2O2. The van der Waals surface area contributed by atoms with E-state index in [4.69, 9.17) is 5.11 Å². The molecule has 0 amide bonds. The smallest absolute Gasteiger partial charge is 0.338 e. The van der Waals surface area contributed by atoms with Gasteiger partial charge in [-0.05, 0) is 44.8 Å². The second-order valence-corrected chi connectivity index (χ2v) is 5.61. The standard InChI is InChI=1S/C13H23FN2O2/c1-9-8-15-5-4-12(9)16-6-2-3-10(16)7-11(14)13(17)18/h9-12,15H,2-8H2,1H3,(H,17,18). The molecule has 5 heteroatoms. The Morgan fingerprint density at radius 1 is 1.56 bits per heavy atom. The van der Waals surface area contributed by atoms with Crippen LogP contribution in [0.2, 0.25) is 0 Å². The van der Waals surface area contributed by atoms with Crippen LogP contribution >= 0.6 is 0 Å². The zero-order chi connectivity index (χ0) is 13.1. The summed E-state index contributed by atoms with van der Waals surface area (Å²) in [7, 11) is 0. The van der Waals surface area contributed by atoms with Crippen molar-refractivity contribution in [2.45, 2.75) is 50.9 Å². The fourth-order valence-corrected chi connectivity index (χ4v) is 3.38. The molecule has 104 valence electrons. The van der Waals surface area contributed by atoms with E-state index in [1.54, 1.807) is 0 Å². The van der Waals surface area contributed by atoms with Gasteiger partial charge in [0.05, 0.1) is 0 Å². The fraction of sp³-hybridized carbons (Fsp3) is 0.923.